The number of para-hydroxylation sites is 1. The second-order valence-electron chi connectivity index (χ2n) is 7.51. The molecule has 0 aliphatic carbocycles. The van der Waals surface area contributed by atoms with Crippen LogP contribution in [0.5, 0.6) is 11.5 Å². The molecule has 2 aliphatic heterocycles. The fourth-order valence-corrected chi connectivity index (χ4v) is 4.60. The SMILES string of the molecule is CCOc1cc(C2N=c3ccccc3=C3C(=O)NC(SCc4ccccc4)=NN32)ccc1O. The van der Waals surface area contributed by atoms with E-state index in [0.717, 1.165) is 16.3 Å². The number of thioether (sulfide) groups is 1. The molecule has 0 saturated carbocycles. The van der Waals surface area contributed by atoms with Gasteiger partial charge < -0.3 is 9.84 Å². The summed E-state index contributed by atoms with van der Waals surface area (Å²) in [6.07, 6.45) is -0.576. The largest absolute Gasteiger partial charge is 0.504 e. The quantitative estimate of drug-likeness (QED) is 0.614. The predicted octanol–water partition coefficient (Wildman–Crippen LogP) is 2.87. The van der Waals surface area contributed by atoms with E-state index in [-0.39, 0.29) is 11.7 Å². The first kappa shape index (κ1) is 21.1. The van der Waals surface area contributed by atoms with Crippen molar-refractivity contribution in [1.82, 2.24) is 10.3 Å². The molecule has 0 spiro atoms. The lowest BCUT2D eigenvalue weighted by molar-refractivity contribution is -0.116. The number of fused-ring (bicyclic) bond motifs is 2. The Labute approximate surface area is 195 Å². The predicted molar refractivity (Wildman–Crippen MR) is 128 cm³/mol. The van der Waals surface area contributed by atoms with Gasteiger partial charge in [0.2, 0.25) is 0 Å². The first-order valence-corrected chi connectivity index (χ1v) is 11.6. The van der Waals surface area contributed by atoms with E-state index >= 15 is 0 Å². The molecule has 2 N–H and O–H groups in total. The van der Waals surface area contributed by atoms with Crippen LogP contribution in [0.25, 0.3) is 5.70 Å². The van der Waals surface area contributed by atoms with Crippen molar-refractivity contribution in [2.24, 2.45) is 10.1 Å². The maximum Gasteiger partial charge on any atom is 0.276 e. The fourth-order valence-electron chi connectivity index (χ4n) is 3.80. The number of phenols is 1. The summed E-state index contributed by atoms with van der Waals surface area (Å²) >= 11 is 1.46. The fraction of sp³-hybridized carbons (Fsp3) is 0.160. The zero-order valence-corrected chi connectivity index (χ0v) is 18.7. The molecule has 1 atom stereocenters. The second kappa shape index (κ2) is 8.99. The van der Waals surface area contributed by atoms with Gasteiger partial charge in [-0.05, 0) is 30.7 Å². The number of aromatic hydroxyl groups is 1. The average Bonchev–Trinajstić information content (AvgIpc) is 2.84. The molecule has 0 bridgehead atoms. The highest BCUT2D eigenvalue weighted by molar-refractivity contribution is 8.13. The summed E-state index contributed by atoms with van der Waals surface area (Å²) in [5, 5.41) is 21.5. The van der Waals surface area contributed by atoms with E-state index in [2.05, 4.69) is 5.32 Å². The average molecular weight is 459 g/mol. The van der Waals surface area contributed by atoms with Gasteiger partial charge >= 0.3 is 0 Å². The third-order valence-corrected chi connectivity index (χ3v) is 6.25. The number of ether oxygens (including phenoxy) is 1. The van der Waals surface area contributed by atoms with Gasteiger partial charge in [-0.25, -0.2) is 5.01 Å². The van der Waals surface area contributed by atoms with E-state index in [1.807, 2.05) is 61.5 Å². The van der Waals surface area contributed by atoms with Crippen molar-refractivity contribution in [3.8, 4) is 11.5 Å². The molecular formula is C25H22N4O3S. The Morgan fingerprint density at radius 3 is 2.70 bits per heavy atom. The summed E-state index contributed by atoms with van der Waals surface area (Å²) in [5.74, 6) is 0.876. The number of carbonyl (C=O) groups excluding carboxylic acids is 1. The molecule has 1 unspecified atom stereocenters. The molecule has 7 nitrogen and oxygen atoms in total. The van der Waals surface area contributed by atoms with E-state index in [4.69, 9.17) is 14.8 Å². The van der Waals surface area contributed by atoms with Gasteiger partial charge in [0.05, 0.1) is 12.0 Å². The van der Waals surface area contributed by atoms with Crippen molar-refractivity contribution in [1.29, 1.82) is 0 Å². The Bertz CT molecular complexity index is 1360. The van der Waals surface area contributed by atoms with Crippen molar-refractivity contribution in [2.75, 3.05) is 6.61 Å². The lowest BCUT2D eigenvalue weighted by Gasteiger charge is -2.34. The Morgan fingerprint density at radius 1 is 1.09 bits per heavy atom. The Balaban J connectivity index is 1.57. The van der Waals surface area contributed by atoms with Gasteiger partial charge in [-0.15, -0.1) is 5.10 Å². The maximum atomic E-state index is 13.2. The number of amides is 1. The molecule has 0 fully saturated rings. The van der Waals surface area contributed by atoms with Crippen molar-refractivity contribution in [3.63, 3.8) is 0 Å². The molecule has 3 aromatic rings. The van der Waals surface area contributed by atoms with Crippen LogP contribution in [-0.4, -0.2) is 27.8 Å². The summed E-state index contributed by atoms with van der Waals surface area (Å²) in [7, 11) is 0. The molecule has 1 amide bonds. The Hall–Kier alpha value is -3.78. The van der Waals surface area contributed by atoms with E-state index in [1.165, 1.54) is 11.8 Å². The number of benzene rings is 3. The Kier molecular flexibility index (Phi) is 5.75. The van der Waals surface area contributed by atoms with Crippen LogP contribution in [-0.2, 0) is 10.5 Å². The number of nitrogens with zero attached hydrogens (tertiary/aromatic N) is 3. The monoisotopic (exact) mass is 458 g/mol. The van der Waals surface area contributed by atoms with Crippen molar-refractivity contribution in [3.05, 3.63) is 94.5 Å². The minimum Gasteiger partial charge on any atom is -0.504 e. The van der Waals surface area contributed by atoms with Crippen LogP contribution in [0, 0.1) is 0 Å². The molecule has 0 aromatic heterocycles. The zero-order valence-electron chi connectivity index (χ0n) is 17.9. The smallest absolute Gasteiger partial charge is 0.276 e. The zero-order chi connectivity index (χ0) is 22.8. The number of nitrogens with one attached hydrogen (secondary N) is 1. The van der Waals surface area contributed by atoms with Crippen LogP contribution in [0.1, 0.15) is 24.2 Å². The standard InChI is InChI=1S/C25H22N4O3S/c1-2-32-21-14-17(12-13-20(21)30)23-26-19-11-7-6-10-18(19)22-24(31)27-25(28-29(22)23)33-15-16-8-4-3-5-9-16/h3-14,23,30H,2,15H2,1H3,(H,27,28,31). The van der Waals surface area contributed by atoms with Crippen LogP contribution < -0.4 is 20.6 Å². The molecule has 3 aromatic carbocycles. The van der Waals surface area contributed by atoms with Gasteiger partial charge in [0.15, 0.2) is 22.8 Å². The van der Waals surface area contributed by atoms with Crippen LogP contribution in [0.15, 0.2) is 82.9 Å². The highest BCUT2D eigenvalue weighted by Crippen LogP contribution is 2.35. The number of rotatable bonds is 5. The van der Waals surface area contributed by atoms with Gasteiger partial charge in [0, 0.05) is 16.5 Å². The third kappa shape index (κ3) is 4.17. The van der Waals surface area contributed by atoms with Gasteiger partial charge in [-0.3, -0.25) is 15.1 Å². The first-order valence-electron chi connectivity index (χ1n) is 10.6. The number of hydrogen-bond acceptors (Lipinski definition) is 7. The minimum absolute atomic E-state index is 0.0556. The van der Waals surface area contributed by atoms with Crippen molar-refractivity contribution in [2.45, 2.75) is 18.8 Å². The van der Waals surface area contributed by atoms with E-state index in [9.17, 15) is 9.90 Å². The summed E-state index contributed by atoms with van der Waals surface area (Å²) in [5.41, 5.74) is 2.34. The summed E-state index contributed by atoms with van der Waals surface area (Å²) in [6.45, 7) is 2.28. The molecule has 5 rings (SSSR count). The highest BCUT2D eigenvalue weighted by atomic mass is 32.2. The molecule has 166 valence electrons. The van der Waals surface area contributed by atoms with Crippen LogP contribution in [0.4, 0.5) is 0 Å². The molecule has 2 aliphatic rings. The number of carbonyl (C=O) groups is 1. The lowest BCUT2D eigenvalue weighted by atomic mass is 10.1. The highest BCUT2D eigenvalue weighted by Gasteiger charge is 2.34. The van der Waals surface area contributed by atoms with Crippen LogP contribution in [0.2, 0.25) is 0 Å². The molecule has 2 heterocycles. The number of phenolic OH excluding ortho intramolecular Hbond substituents is 1. The number of hydrazone groups is 1. The number of hydrogen-bond donors (Lipinski definition) is 2. The Morgan fingerprint density at radius 2 is 1.88 bits per heavy atom. The first-order chi connectivity index (χ1) is 16.1. The van der Waals surface area contributed by atoms with Gasteiger partial charge in [0.1, 0.15) is 5.70 Å². The van der Waals surface area contributed by atoms with Crippen LogP contribution in [0.3, 0.4) is 0 Å². The summed E-state index contributed by atoms with van der Waals surface area (Å²) in [4.78, 5) is 18.1. The van der Waals surface area contributed by atoms with Gasteiger partial charge in [0.25, 0.3) is 5.91 Å². The lowest BCUT2D eigenvalue weighted by Crippen LogP contribution is -2.50. The van der Waals surface area contributed by atoms with E-state index in [1.54, 1.807) is 23.2 Å². The van der Waals surface area contributed by atoms with E-state index < -0.39 is 6.17 Å². The normalized spacial score (nSPS) is 16.8. The topological polar surface area (TPSA) is 86.5 Å². The summed E-state index contributed by atoms with van der Waals surface area (Å²) in [6, 6.07) is 22.6. The third-order valence-electron chi connectivity index (χ3n) is 5.32. The van der Waals surface area contributed by atoms with Crippen molar-refractivity contribution >= 4 is 28.5 Å². The minimum atomic E-state index is -0.576. The van der Waals surface area contributed by atoms with Gasteiger partial charge in [-0.1, -0.05) is 66.4 Å². The molecule has 33 heavy (non-hydrogen) atoms. The second-order valence-corrected chi connectivity index (χ2v) is 8.47. The van der Waals surface area contributed by atoms with Crippen molar-refractivity contribution < 1.29 is 14.6 Å². The molecular weight excluding hydrogens is 436 g/mol. The number of amidine groups is 1. The van der Waals surface area contributed by atoms with Crippen LogP contribution >= 0.6 is 11.8 Å². The van der Waals surface area contributed by atoms with E-state index in [0.29, 0.717) is 34.3 Å². The molecule has 0 saturated heterocycles. The van der Waals surface area contributed by atoms with Gasteiger partial charge in [-0.2, -0.15) is 0 Å². The maximum absolute atomic E-state index is 13.2. The summed E-state index contributed by atoms with van der Waals surface area (Å²) < 4.78 is 5.57. The molecule has 8 heteroatoms. The molecule has 0 radical (unpaired) electrons.